The highest BCUT2D eigenvalue weighted by atomic mass is 16.6. The number of aromatic nitrogens is 2. The quantitative estimate of drug-likeness (QED) is 0.633. The molecule has 1 fully saturated rings. The Morgan fingerprint density at radius 1 is 1.22 bits per heavy atom. The topological polar surface area (TPSA) is 110 Å². The highest BCUT2D eigenvalue weighted by Crippen LogP contribution is 2.22. The molecule has 1 aromatic heterocycles. The van der Waals surface area contributed by atoms with Gasteiger partial charge in [-0.05, 0) is 52.6 Å². The fourth-order valence-electron chi connectivity index (χ4n) is 3.67. The van der Waals surface area contributed by atoms with Gasteiger partial charge in [-0.25, -0.2) is 4.79 Å². The van der Waals surface area contributed by atoms with Gasteiger partial charge in [0.05, 0.1) is 12.5 Å². The second kappa shape index (κ2) is 10.6. The van der Waals surface area contributed by atoms with Gasteiger partial charge in [-0.15, -0.1) is 0 Å². The number of hydrogen-bond donors (Lipinski definition) is 2. The summed E-state index contributed by atoms with van der Waals surface area (Å²) >= 11 is 0. The molecule has 174 valence electrons. The van der Waals surface area contributed by atoms with E-state index in [0.717, 1.165) is 30.5 Å². The predicted molar refractivity (Wildman–Crippen MR) is 120 cm³/mol. The number of benzene rings is 1. The minimum atomic E-state index is -0.544. The first-order chi connectivity index (χ1) is 15.2. The summed E-state index contributed by atoms with van der Waals surface area (Å²) in [5, 5.41) is 9.66. The zero-order valence-electron chi connectivity index (χ0n) is 19.3. The molecule has 1 saturated heterocycles. The van der Waals surface area contributed by atoms with Crippen molar-refractivity contribution >= 4 is 12.0 Å². The lowest BCUT2D eigenvalue weighted by Crippen LogP contribution is -2.44. The number of ether oxygens (including phenoxy) is 1. The Bertz CT molecular complexity index is 921. The second-order valence-electron chi connectivity index (χ2n) is 9.12. The van der Waals surface area contributed by atoms with Crippen LogP contribution in [-0.2, 0) is 16.1 Å². The molecule has 0 radical (unpaired) electrons. The SMILES string of the molecule is Cc1ccccc1-c1noc(CN2CCCC(C(=O)NCCNC(=O)OC(C)(C)C)C2)n1. The fourth-order valence-corrected chi connectivity index (χ4v) is 3.67. The summed E-state index contributed by atoms with van der Waals surface area (Å²) in [6.07, 6.45) is 1.27. The summed E-state index contributed by atoms with van der Waals surface area (Å²) in [6.45, 7) is 10.1. The van der Waals surface area contributed by atoms with Gasteiger partial charge in [0.1, 0.15) is 5.60 Å². The van der Waals surface area contributed by atoms with Crippen LogP contribution in [0.25, 0.3) is 11.4 Å². The minimum Gasteiger partial charge on any atom is -0.444 e. The summed E-state index contributed by atoms with van der Waals surface area (Å²) in [5.41, 5.74) is 1.51. The number of likely N-dealkylation sites (tertiary alicyclic amines) is 1. The number of amides is 2. The maximum atomic E-state index is 12.6. The molecule has 1 aliphatic rings. The van der Waals surface area contributed by atoms with Gasteiger partial charge >= 0.3 is 6.09 Å². The van der Waals surface area contributed by atoms with Crippen LogP contribution in [0.3, 0.4) is 0 Å². The summed E-state index contributed by atoms with van der Waals surface area (Å²) < 4.78 is 10.6. The van der Waals surface area contributed by atoms with Gasteiger partial charge in [0.25, 0.3) is 0 Å². The third-order valence-electron chi connectivity index (χ3n) is 5.18. The normalized spacial score (nSPS) is 17.1. The first-order valence-electron chi connectivity index (χ1n) is 11.1. The van der Waals surface area contributed by atoms with Crippen LogP contribution < -0.4 is 10.6 Å². The van der Waals surface area contributed by atoms with Crippen LogP contribution in [0.1, 0.15) is 45.1 Å². The van der Waals surface area contributed by atoms with E-state index in [1.54, 1.807) is 20.8 Å². The Labute approximate surface area is 188 Å². The third-order valence-corrected chi connectivity index (χ3v) is 5.18. The Morgan fingerprint density at radius 3 is 2.72 bits per heavy atom. The lowest BCUT2D eigenvalue weighted by molar-refractivity contribution is -0.126. The molecule has 0 spiro atoms. The van der Waals surface area contributed by atoms with Gasteiger partial charge in [0, 0.05) is 25.2 Å². The zero-order valence-corrected chi connectivity index (χ0v) is 19.3. The number of rotatable bonds is 7. The number of nitrogens with zero attached hydrogens (tertiary/aromatic N) is 3. The number of nitrogens with one attached hydrogen (secondary N) is 2. The highest BCUT2D eigenvalue weighted by Gasteiger charge is 2.27. The third kappa shape index (κ3) is 7.05. The van der Waals surface area contributed by atoms with Crippen molar-refractivity contribution in [2.45, 2.75) is 52.7 Å². The molecule has 2 N–H and O–H groups in total. The molecule has 0 saturated carbocycles. The number of alkyl carbamates (subject to hydrolysis) is 1. The Kier molecular flexibility index (Phi) is 7.84. The molecule has 0 aliphatic carbocycles. The van der Waals surface area contributed by atoms with Crippen LogP contribution >= 0.6 is 0 Å². The summed E-state index contributed by atoms with van der Waals surface area (Å²) in [6, 6.07) is 7.92. The molecule has 1 aliphatic heterocycles. The van der Waals surface area contributed by atoms with Gasteiger partial charge in [-0.3, -0.25) is 9.69 Å². The maximum Gasteiger partial charge on any atom is 0.407 e. The largest absolute Gasteiger partial charge is 0.444 e. The Morgan fingerprint density at radius 2 is 1.97 bits per heavy atom. The summed E-state index contributed by atoms with van der Waals surface area (Å²) in [5.74, 6) is 1.02. The number of carbonyl (C=O) groups is 2. The molecule has 32 heavy (non-hydrogen) atoms. The number of aryl methyl sites for hydroxylation is 1. The molecule has 1 atom stereocenters. The Balaban J connectivity index is 1.44. The second-order valence-corrected chi connectivity index (χ2v) is 9.12. The minimum absolute atomic E-state index is 0.00758. The van der Waals surface area contributed by atoms with Crippen molar-refractivity contribution in [3.05, 3.63) is 35.7 Å². The molecule has 2 amide bonds. The highest BCUT2D eigenvalue weighted by molar-refractivity contribution is 5.79. The van der Waals surface area contributed by atoms with Gasteiger partial charge in [0.2, 0.25) is 17.6 Å². The number of hydrogen-bond acceptors (Lipinski definition) is 7. The van der Waals surface area contributed by atoms with Crippen molar-refractivity contribution in [3.8, 4) is 11.4 Å². The molecular weight excluding hydrogens is 410 g/mol. The van der Waals surface area contributed by atoms with Crippen molar-refractivity contribution in [1.82, 2.24) is 25.7 Å². The van der Waals surface area contributed by atoms with Crippen molar-refractivity contribution in [1.29, 1.82) is 0 Å². The molecule has 9 heteroatoms. The first kappa shape index (κ1) is 23.7. The average molecular weight is 444 g/mol. The van der Waals surface area contributed by atoms with Crippen molar-refractivity contribution < 1.29 is 18.8 Å². The first-order valence-corrected chi connectivity index (χ1v) is 11.1. The molecular formula is C23H33N5O4. The van der Waals surface area contributed by atoms with Gasteiger partial charge in [-0.2, -0.15) is 4.98 Å². The van der Waals surface area contributed by atoms with Gasteiger partial charge < -0.3 is 19.9 Å². The molecule has 1 aromatic carbocycles. The zero-order chi connectivity index (χ0) is 23.1. The average Bonchev–Trinajstić information content (AvgIpc) is 3.18. The number of piperidine rings is 1. The van der Waals surface area contributed by atoms with Crippen molar-refractivity contribution in [2.24, 2.45) is 5.92 Å². The van der Waals surface area contributed by atoms with Crippen molar-refractivity contribution in [2.75, 3.05) is 26.2 Å². The lowest BCUT2D eigenvalue weighted by atomic mass is 9.97. The summed E-state index contributed by atoms with van der Waals surface area (Å²) in [7, 11) is 0. The van der Waals surface area contributed by atoms with Crippen LogP contribution in [0.4, 0.5) is 4.79 Å². The van der Waals surface area contributed by atoms with Gasteiger partial charge in [-0.1, -0.05) is 29.4 Å². The van der Waals surface area contributed by atoms with Crippen molar-refractivity contribution in [3.63, 3.8) is 0 Å². The van der Waals surface area contributed by atoms with Crippen LogP contribution in [0, 0.1) is 12.8 Å². The van der Waals surface area contributed by atoms with E-state index in [-0.39, 0.29) is 11.8 Å². The number of carbonyl (C=O) groups excluding carboxylic acids is 2. The van der Waals surface area contributed by atoms with Gasteiger partial charge in [0.15, 0.2) is 0 Å². The molecule has 2 heterocycles. The summed E-state index contributed by atoms with van der Waals surface area (Å²) in [4.78, 5) is 30.9. The molecule has 3 rings (SSSR count). The van der Waals surface area contributed by atoms with Crippen LogP contribution in [0.2, 0.25) is 0 Å². The van der Waals surface area contributed by atoms with Crippen LogP contribution in [0.15, 0.2) is 28.8 Å². The molecule has 0 bridgehead atoms. The lowest BCUT2D eigenvalue weighted by Gasteiger charge is -2.30. The smallest absolute Gasteiger partial charge is 0.407 e. The maximum absolute atomic E-state index is 12.6. The molecule has 9 nitrogen and oxygen atoms in total. The predicted octanol–water partition coefficient (Wildman–Crippen LogP) is 2.90. The van der Waals surface area contributed by atoms with E-state index in [2.05, 4.69) is 25.7 Å². The van der Waals surface area contributed by atoms with E-state index >= 15 is 0 Å². The van der Waals surface area contributed by atoms with Crippen LogP contribution in [0.5, 0.6) is 0 Å². The van der Waals surface area contributed by atoms with E-state index in [1.165, 1.54) is 0 Å². The van der Waals surface area contributed by atoms with E-state index in [1.807, 2.05) is 31.2 Å². The standard InChI is InChI=1S/C23H33N5O4/c1-16-8-5-6-10-18(16)20-26-19(32-27-20)15-28-13-7-9-17(14-28)21(29)24-11-12-25-22(30)31-23(2,3)4/h5-6,8,10,17H,7,9,11-15H2,1-4H3,(H,24,29)(H,25,30). The van der Waals surface area contributed by atoms with E-state index < -0.39 is 11.7 Å². The van der Waals surface area contributed by atoms with Crippen LogP contribution in [-0.4, -0.2) is 58.8 Å². The fraction of sp³-hybridized carbons (Fsp3) is 0.565. The molecule has 1 unspecified atom stereocenters. The Hall–Kier alpha value is -2.94. The monoisotopic (exact) mass is 443 g/mol. The van der Waals surface area contributed by atoms with E-state index in [0.29, 0.717) is 37.9 Å². The van der Waals surface area contributed by atoms with E-state index in [4.69, 9.17) is 9.26 Å². The molecule has 2 aromatic rings. The van der Waals surface area contributed by atoms with E-state index in [9.17, 15) is 9.59 Å².